The third-order valence-corrected chi connectivity index (χ3v) is 3.44. The molecule has 6 heteroatoms. The van der Waals surface area contributed by atoms with E-state index < -0.39 is 6.03 Å². The van der Waals surface area contributed by atoms with Crippen molar-refractivity contribution in [1.82, 2.24) is 20.4 Å². The van der Waals surface area contributed by atoms with Gasteiger partial charge in [0.25, 0.3) is 0 Å². The number of nitrogens with zero attached hydrogens (tertiary/aromatic N) is 2. The van der Waals surface area contributed by atoms with E-state index >= 15 is 0 Å². The number of urea groups is 1. The zero-order valence-corrected chi connectivity index (χ0v) is 12.4. The van der Waals surface area contributed by atoms with Crippen LogP contribution in [0.4, 0.5) is 4.79 Å². The van der Waals surface area contributed by atoms with Crippen LogP contribution in [0.2, 0.25) is 0 Å². The van der Waals surface area contributed by atoms with E-state index in [1.807, 2.05) is 6.92 Å². The largest absolute Gasteiger partial charge is 0.338 e. The van der Waals surface area contributed by atoms with Crippen LogP contribution in [0, 0.1) is 5.92 Å². The molecule has 3 amide bonds. The van der Waals surface area contributed by atoms with E-state index in [9.17, 15) is 9.59 Å². The van der Waals surface area contributed by atoms with E-state index in [1.54, 1.807) is 0 Å². The van der Waals surface area contributed by atoms with Crippen molar-refractivity contribution in [2.24, 2.45) is 5.92 Å². The summed E-state index contributed by atoms with van der Waals surface area (Å²) in [6, 6.07) is -0.0542. The minimum atomic E-state index is -0.414. The summed E-state index contributed by atoms with van der Waals surface area (Å²) in [5.41, 5.74) is 0. The molecule has 0 saturated carbocycles. The Bertz CT molecular complexity index is 320. The molecule has 0 unspecified atom stereocenters. The van der Waals surface area contributed by atoms with Gasteiger partial charge in [-0.2, -0.15) is 0 Å². The number of imide groups is 1. The van der Waals surface area contributed by atoms with Gasteiger partial charge in [0.15, 0.2) is 0 Å². The zero-order chi connectivity index (χ0) is 14.4. The summed E-state index contributed by atoms with van der Waals surface area (Å²) in [5, 5.41) is 4.91. The Morgan fingerprint density at radius 1 is 1.32 bits per heavy atom. The molecular weight excluding hydrogens is 244 g/mol. The average molecular weight is 270 g/mol. The van der Waals surface area contributed by atoms with Crippen molar-refractivity contribution in [3.05, 3.63) is 0 Å². The maximum atomic E-state index is 11.8. The molecule has 1 aliphatic rings. The number of hydrogen-bond donors (Lipinski definition) is 2. The first-order chi connectivity index (χ1) is 8.93. The number of amides is 3. The third kappa shape index (κ3) is 5.16. The van der Waals surface area contributed by atoms with Gasteiger partial charge in [-0.25, -0.2) is 4.79 Å². The molecule has 6 nitrogen and oxygen atoms in total. The van der Waals surface area contributed by atoms with Crippen molar-refractivity contribution in [3.63, 3.8) is 0 Å². The fourth-order valence-electron chi connectivity index (χ4n) is 2.38. The van der Waals surface area contributed by atoms with Gasteiger partial charge in [-0.3, -0.25) is 15.0 Å². The number of carbonyl (C=O) groups is 2. The van der Waals surface area contributed by atoms with E-state index in [0.29, 0.717) is 18.5 Å². The highest BCUT2D eigenvalue weighted by Gasteiger charge is 2.29. The summed E-state index contributed by atoms with van der Waals surface area (Å²) >= 11 is 0. The predicted molar refractivity (Wildman–Crippen MR) is 74.9 cm³/mol. The highest BCUT2D eigenvalue weighted by molar-refractivity contribution is 5.95. The third-order valence-electron chi connectivity index (χ3n) is 3.44. The van der Waals surface area contributed by atoms with E-state index in [1.165, 1.54) is 0 Å². The molecule has 1 atom stereocenters. The molecule has 1 aliphatic heterocycles. The standard InChI is InChI=1S/C13H26N4O2/c1-5-14-13(19)15-12(18)9-17-7-6-16(4)8-11(17)10(2)3/h10-11H,5-9H2,1-4H3,(H2,14,15,18,19)/t11-/m0/s1. The van der Waals surface area contributed by atoms with Gasteiger partial charge in [0, 0.05) is 32.2 Å². The first kappa shape index (κ1) is 15.9. The summed E-state index contributed by atoms with van der Waals surface area (Å²) in [4.78, 5) is 27.6. The number of hydrogen-bond acceptors (Lipinski definition) is 4. The normalized spacial score (nSPS) is 21.4. The van der Waals surface area contributed by atoms with Gasteiger partial charge in [-0.15, -0.1) is 0 Å². The second-order valence-electron chi connectivity index (χ2n) is 5.45. The van der Waals surface area contributed by atoms with Crippen molar-refractivity contribution in [2.75, 3.05) is 39.8 Å². The maximum Gasteiger partial charge on any atom is 0.321 e. The molecule has 1 heterocycles. The summed E-state index contributed by atoms with van der Waals surface area (Å²) < 4.78 is 0. The Morgan fingerprint density at radius 2 is 2.00 bits per heavy atom. The van der Waals surface area contributed by atoms with Crippen LogP contribution in [-0.2, 0) is 4.79 Å². The van der Waals surface area contributed by atoms with Crippen LogP contribution in [0.1, 0.15) is 20.8 Å². The number of piperazine rings is 1. The summed E-state index contributed by atoms with van der Waals surface area (Å²) in [6.07, 6.45) is 0. The van der Waals surface area contributed by atoms with Crippen molar-refractivity contribution >= 4 is 11.9 Å². The van der Waals surface area contributed by atoms with Crippen molar-refractivity contribution in [2.45, 2.75) is 26.8 Å². The van der Waals surface area contributed by atoms with E-state index in [4.69, 9.17) is 0 Å². The Hall–Kier alpha value is -1.14. The molecular formula is C13H26N4O2. The lowest BCUT2D eigenvalue weighted by Gasteiger charge is -2.41. The Labute approximate surface area is 115 Å². The van der Waals surface area contributed by atoms with Crippen molar-refractivity contribution in [3.8, 4) is 0 Å². The number of likely N-dealkylation sites (N-methyl/N-ethyl adjacent to an activating group) is 1. The molecule has 0 aromatic rings. The van der Waals surface area contributed by atoms with Crippen LogP contribution in [0.15, 0.2) is 0 Å². The molecule has 110 valence electrons. The van der Waals surface area contributed by atoms with E-state index in [-0.39, 0.29) is 12.5 Å². The van der Waals surface area contributed by atoms with Gasteiger partial charge in [-0.1, -0.05) is 13.8 Å². The molecule has 19 heavy (non-hydrogen) atoms. The van der Waals surface area contributed by atoms with Gasteiger partial charge >= 0.3 is 6.03 Å². The molecule has 0 aromatic heterocycles. The monoisotopic (exact) mass is 270 g/mol. The SMILES string of the molecule is CCNC(=O)NC(=O)CN1CCN(C)C[C@H]1C(C)C. The summed E-state index contributed by atoms with van der Waals surface area (Å²) in [5.74, 6) is 0.251. The van der Waals surface area contributed by atoms with Gasteiger partial charge in [0.1, 0.15) is 0 Å². The van der Waals surface area contributed by atoms with Gasteiger partial charge in [-0.05, 0) is 19.9 Å². The van der Waals surface area contributed by atoms with Crippen LogP contribution in [0.25, 0.3) is 0 Å². The average Bonchev–Trinajstić information content (AvgIpc) is 2.31. The Kier molecular flexibility index (Phi) is 6.24. The molecule has 0 bridgehead atoms. The van der Waals surface area contributed by atoms with E-state index in [2.05, 4.69) is 41.3 Å². The molecule has 0 radical (unpaired) electrons. The van der Waals surface area contributed by atoms with E-state index in [0.717, 1.165) is 19.6 Å². The smallest absolute Gasteiger partial charge is 0.321 e. The molecule has 1 fully saturated rings. The van der Waals surface area contributed by atoms with Crippen LogP contribution in [0.5, 0.6) is 0 Å². The Balaban J connectivity index is 2.49. The van der Waals surface area contributed by atoms with Crippen molar-refractivity contribution < 1.29 is 9.59 Å². The highest BCUT2D eigenvalue weighted by Crippen LogP contribution is 2.15. The number of nitrogens with one attached hydrogen (secondary N) is 2. The molecule has 2 N–H and O–H groups in total. The Morgan fingerprint density at radius 3 is 2.58 bits per heavy atom. The minimum absolute atomic E-state index is 0.235. The first-order valence-corrected chi connectivity index (χ1v) is 6.94. The van der Waals surface area contributed by atoms with Crippen molar-refractivity contribution in [1.29, 1.82) is 0 Å². The first-order valence-electron chi connectivity index (χ1n) is 6.94. The molecule has 0 aromatic carbocycles. The quantitative estimate of drug-likeness (QED) is 0.761. The van der Waals surface area contributed by atoms with Crippen LogP contribution in [-0.4, -0.2) is 67.6 Å². The highest BCUT2D eigenvalue weighted by atomic mass is 16.2. The van der Waals surface area contributed by atoms with Crippen LogP contribution < -0.4 is 10.6 Å². The maximum absolute atomic E-state index is 11.8. The van der Waals surface area contributed by atoms with Gasteiger partial charge < -0.3 is 10.2 Å². The summed E-state index contributed by atoms with van der Waals surface area (Å²) in [6.45, 7) is 9.73. The number of rotatable bonds is 4. The molecule has 1 saturated heterocycles. The summed E-state index contributed by atoms with van der Waals surface area (Å²) in [7, 11) is 2.10. The predicted octanol–water partition coefficient (Wildman–Crippen LogP) is 0.104. The van der Waals surface area contributed by atoms with Gasteiger partial charge in [0.05, 0.1) is 6.54 Å². The van der Waals surface area contributed by atoms with Crippen LogP contribution in [0.3, 0.4) is 0 Å². The second kappa shape index (κ2) is 7.45. The lowest BCUT2D eigenvalue weighted by Crippen LogP contribution is -2.57. The lowest BCUT2D eigenvalue weighted by atomic mass is 10.00. The fraction of sp³-hybridized carbons (Fsp3) is 0.846. The molecule has 0 spiro atoms. The zero-order valence-electron chi connectivity index (χ0n) is 12.4. The second-order valence-corrected chi connectivity index (χ2v) is 5.45. The topological polar surface area (TPSA) is 64.7 Å². The number of carbonyl (C=O) groups excluding carboxylic acids is 2. The molecule has 1 rings (SSSR count). The fourth-order valence-corrected chi connectivity index (χ4v) is 2.38. The lowest BCUT2D eigenvalue weighted by molar-refractivity contribution is -0.122. The molecule has 0 aliphatic carbocycles. The van der Waals surface area contributed by atoms with Crippen LogP contribution >= 0.6 is 0 Å². The minimum Gasteiger partial charge on any atom is -0.338 e. The van der Waals surface area contributed by atoms with Gasteiger partial charge in [0.2, 0.25) is 5.91 Å².